The van der Waals surface area contributed by atoms with Gasteiger partial charge in [-0.05, 0) is 18.2 Å². The van der Waals surface area contributed by atoms with Crippen molar-refractivity contribution >= 4 is 28.6 Å². The van der Waals surface area contributed by atoms with Crippen molar-refractivity contribution in [1.82, 2.24) is 19.9 Å². The predicted octanol–water partition coefficient (Wildman–Crippen LogP) is 1.72. The van der Waals surface area contributed by atoms with E-state index in [-0.39, 0.29) is 11.9 Å². The first-order valence-electron chi connectivity index (χ1n) is 7.29. The molecular weight excluding hydrogens is 292 g/mol. The molecule has 0 aliphatic rings. The molecule has 23 heavy (non-hydrogen) atoms. The Morgan fingerprint density at radius 2 is 2.17 bits per heavy atom. The number of rotatable bonds is 5. The van der Waals surface area contributed by atoms with E-state index in [0.717, 1.165) is 10.9 Å². The number of anilines is 2. The molecule has 0 spiro atoms. The lowest BCUT2D eigenvalue weighted by Gasteiger charge is -2.16. The van der Waals surface area contributed by atoms with Gasteiger partial charge in [0.1, 0.15) is 11.5 Å². The van der Waals surface area contributed by atoms with Crippen LogP contribution in [-0.4, -0.2) is 45.9 Å². The highest BCUT2D eigenvalue weighted by Crippen LogP contribution is 2.15. The lowest BCUT2D eigenvalue weighted by atomic mass is 10.2. The monoisotopic (exact) mass is 310 g/mol. The smallest absolute Gasteiger partial charge is 0.270 e. The molecule has 0 atom stereocenters. The molecule has 0 saturated heterocycles. The maximum Gasteiger partial charge on any atom is 0.270 e. The van der Waals surface area contributed by atoms with Crippen molar-refractivity contribution in [3.63, 3.8) is 0 Å². The molecule has 2 heterocycles. The van der Waals surface area contributed by atoms with Gasteiger partial charge in [-0.1, -0.05) is 18.2 Å². The van der Waals surface area contributed by atoms with E-state index in [4.69, 9.17) is 5.73 Å². The molecule has 0 bridgehead atoms. The largest absolute Gasteiger partial charge is 0.368 e. The van der Waals surface area contributed by atoms with Gasteiger partial charge in [0, 0.05) is 37.2 Å². The van der Waals surface area contributed by atoms with E-state index in [1.54, 1.807) is 24.2 Å². The number of nitrogens with two attached hydrogens (primary N) is 1. The lowest BCUT2D eigenvalue weighted by molar-refractivity contribution is 0.0795. The van der Waals surface area contributed by atoms with E-state index in [2.05, 4.69) is 20.3 Å². The molecule has 4 N–H and O–H groups in total. The van der Waals surface area contributed by atoms with Crippen molar-refractivity contribution in [1.29, 1.82) is 0 Å². The summed E-state index contributed by atoms with van der Waals surface area (Å²) in [7, 11) is 1.77. The van der Waals surface area contributed by atoms with E-state index >= 15 is 0 Å². The molecule has 0 aliphatic carbocycles. The van der Waals surface area contributed by atoms with Gasteiger partial charge in [0.2, 0.25) is 5.95 Å². The minimum atomic E-state index is -0.0507. The Morgan fingerprint density at radius 1 is 1.35 bits per heavy atom. The summed E-state index contributed by atoms with van der Waals surface area (Å²) in [6.07, 6.45) is 1.59. The summed E-state index contributed by atoms with van der Waals surface area (Å²) in [4.78, 5) is 25.1. The molecule has 0 saturated carbocycles. The number of aromatic nitrogens is 3. The van der Waals surface area contributed by atoms with E-state index in [1.165, 1.54) is 0 Å². The van der Waals surface area contributed by atoms with Crippen LogP contribution in [0.3, 0.4) is 0 Å². The summed E-state index contributed by atoms with van der Waals surface area (Å²) in [5.74, 6) is 0.812. The third-order valence-electron chi connectivity index (χ3n) is 3.53. The molecule has 118 valence electrons. The summed E-state index contributed by atoms with van der Waals surface area (Å²) in [5, 5.41) is 4.14. The number of nitrogens with one attached hydrogen (secondary N) is 2. The fourth-order valence-corrected chi connectivity index (χ4v) is 2.32. The fraction of sp³-hybridized carbons (Fsp3) is 0.188. The van der Waals surface area contributed by atoms with Crippen LogP contribution < -0.4 is 11.1 Å². The number of carbonyl (C=O) groups excluding carboxylic acids is 1. The maximum atomic E-state index is 12.4. The average Bonchev–Trinajstić information content (AvgIpc) is 2.98. The second-order valence-electron chi connectivity index (χ2n) is 5.22. The molecular formula is C16H18N6O. The second-order valence-corrected chi connectivity index (χ2v) is 5.22. The molecule has 1 aromatic carbocycles. The zero-order valence-corrected chi connectivity index (χ0v) is 12.8. The molecule has 3 rings (SSSR count). The van der Waals surface area contributed by atoms with Crippen molar-refractivity contribution in [2.45, 2.75) is 0 Å². The van der Waals surface area contributed by atoms with Crippen molar-refractivity contribution in [2.75, 3.05) is 31.2 Å². The SMILES string of the molecule is CN(CCNc1ccnc(N)n1)C(=O)c1cc2ccccc2[nH]1. The van der Waals surface area contributed by atoms with Gasteiger partial charge >= 0.3 is 0 Å². The Balaban J connectivity index is 1.59. The van der Waals surface area contributed by atoms with Gasteiger partial charge in [0.05, 0.1) is 0 Å². The zero-order chi connectivity index (χ0) is 16.2. The fourth-order valence-electron chi connectivity index (χ4n) is 2.32. The Morgan fingerprint density at radius 3 is 2.96 bits per heavy atom. The molecule has 0 radical (unpaired) electrons. The highest BCUT2D eigenvalue weighted by Gasteiger charge is 2.13. The number of amides is 1. The van der Waals surface area contributed by atoms with E-state index in [0.29, 0.717) is 24.6 Å². The summed E-state index contributed by atoms with van der Waals surface area (Å²) in [6, 6.07) is 11.4. The van der Waals surface area contributed by atoms with E-state index < -0.39 is 0 Å². The van der Waals surface area contributed by atoms with Gasteiger partial charge in [0.25, 0.3) is 5.91 Å². The number of carbonyl (C=O) groups is 1. The lowest BCUT2D eigenvalue weighted by Crippen LogP contribution is -2.31. The normalized spacial score (nSPS) is 10.7. The Labute approximate surface area is 133 Å². The Bertz CT molecular complexity index is 795. The minimum absolute atomic E-state index is 0.0507. The number of para-hydroxylation sites is 1. The van der Waals surface area contributed by atoms with Gasteiger partial charge in [0.15, 0.2) is 0 Å². The average molecular weight is 310 g/mol. The minimum Gasteiger partial charge on any atom is -0.368 e. The van der Waals surface area contributed by atoms with Crippen LogP contribution >= 0.6 is 0 Å². The first-order chi connectivity index (χ1) is 11.1. The number of likely N-dealkylation sites (N-methyl/N-ethyl adjacent to an activating group) is 1. The van der Waals surface area contributed by atoms with Crippen LogP contribution in [0.25, 0.3) is 10.9 Å². The number of hydrogen-bond acceptors (Lipinski definition) is 5. The van der Waals surface area contributed by atoms with Crippen molar-refractivity contribution in [2.24, 2.45) is 0 Å². The number of aromatic amines is 1. The predicted molar refractivity (Wildman–Crippen MR) is 90.2 cm³/mol. The molecule has 0 unspecified atom stereocenters. The first-order valence-corrected chi connectivity index (χ1v) is 7.29. The van der Waals surface area contributed by atoms with Crippen LogP contribution in [0.2, 0.25) is 0 Å². The van der Waals surface area contributed by atoms with Crippen molar-refractivity contribution < 1.29 is 4.79 Å². The molecule has 0 aliphatic heterocycles. The molecule has 1 amide bonds. The molecule has 7 nitrogen and oxygen atoms in total. The van der Waals surface area contributed by atoms with Gasteiger partial charge in [-0.25, -0.2) is 4.98 Å². The first kappa shape index (κ1) is 14.8. The van der Waals surface area contributed by atoms with Crippen molar-refractivity contribution in [3.8, 4) is 0 Å². The highest BCUT2D eigenvalue weighted by atomic mass is 16.2. The van der Waals surface area contributed by atoms with E-state index in [9.17, 15) is 4.79 Å². The number of hydrogen-bond donors (Lipinski definition) is 3. The van der Waals surface area contributed by atoms with Gasteiger partial charge in [-0.3, -0.25) is 4.79 Å². The van der Waals surface area contributed by atoms with Crippen LogP contribution in [-0.2, 0) is 0 Å². The topological polar surface area (TPSA) is 99.9 Å². The molecule has 0 fully saturated rings. The van der Waals surface area contributed by atoms with Gasteiger partial charge in [-0.15, -0.1) is 0 Å². The van der Waals surface area contributed by atoms with E-state index in [1.807, 2.05) is 30.3 Å². The number of benzene rings is 1. The number of fused-ring (bicyclic) bond motifs is 1. The van der Waals surface area contributed by atoms with Gasteiger partial charge < -0.3 is 20.9 Å². The Kier molecular flexibility index (Phi) is 4.09. The van der Waals surface area contributed by atoms with Crippen molar-refractivity contribution in [3.05, 3.63) is 48.3 Å². The third kappa shape index (κ3) is 3.39. The molecule has 3 aromatic rings. The summed E-state index contributed by atoms with van der Waals surface area (Å²) >= 11 is 0. The zero-order valence-electron chi connectivity index (χ0n) is 12.8. The second kappa shape index (κ2) is 6.35. The Hall–Kier alpha value is -3.09. The third-order valence-corrected chi connectivity index (χ3v) is 3.53. The molecule has 2 aromatic heterocycles. The summed E-state index contributed by atoms with van der Waals surface area (Å²) in [5.41, 5.74) is 7.06. The molecule has 7 heteroatoms. The van der Waals surface area contributed by atoms with Crippen LogP contribution in [0, 0.1) is 0 Å². The number of H-pyrrole nitrogens is 1. The quantitative estimate of drug-likeness (QED) is 0.666. The number of nitrogen functional groups attached to an aromatic ring is 1. The standard InChI is InChI=1S/C16H18N6O/c1-22(9-8-18-14-6-7-19-16(17)21-14)15(23)13-10-11-4-2-3-5-12(11)20-13/h2-7,10,20H,8-9H2,1H3,(H3,17,18,19,21). The maximum absolute atomic E-state index is 12.4. The van der Waals surface area contributed by atoms with Gasteiger partial charge in [-0.2, -0.15) is 4.98 Å². The van der Waals surface area contributed by atoms with Crippen LogP contribution in [0.15, 0.2) is 42.6 Å². The number of nitrogens with zero attached hydrogens (tertiary/aromatic N) is 3. The van der Waals surface area contributed by atoms with Crippen LogP contribution in [0.1, 0.15) is 10.5 Å². The summed E-state index contributed by atoms with van der Waals surface area (Å²) in [6.45, 7) is 1.11. The van der Waals surface area contributed by atoms with Crippen LogP contribution in [0.4, 0.5) is 11.8 Å². The van der Waals surface area contributed by atoms with Crippen LogP contribution in [0.5, 0.6) is 0 Å². The highest BCUT2D eigenvalue weighted by molar-refractivity contribution is 5.97. The summed E-state index contributed by atoms with van der Waals surface area (Å²) < 4.78 is 0.